The number of ketones is 1. The first-order valence-corrected chi connectivity index (χ1v) is 12.7. The fourth-order valence-electron chi connectivity index (χ4n) is 4.86. The molecule has 204 valence electrons. The zero-order chi connectivity index (χ0) is 28.2. The number of aromatic nitrogens is 2. The number of halogens is 2. The lowest BCUT2D eigenvalue weighted by atomic mass is 10.00. The number of pyridine rings is 2. The molecular formula is C30H27F2N5O3. The molecule has 2 aromatic heterocycles. The number of piperidine rings is 1. The Kier molecular flexibility index (Phi) is 7.79. The van der Waals surface area contributed by atoms with Gasteiger partial charge in [0.05, 0.1) is 29.1 Å². The molecule has 5 rings (SSSR count). The van der Waals surface area contributed by atoms with Crippen LogP contribution in [-0.4, -0.2) is 47.0 Å². The topological polar surface area (TPSA) is 124 Å². The second-order valence-corrected chi connectivity index (χ2v) is 9.63. The third-order valence-corrected chi connectivity index (χ3v) is 6.71. The second-order valence-electron chi connectivity index (χ2n) is 9.63. The molecule has 1 aliphatic rings. The smallest absolute Gasteiger partial charge is 0.338 e. The number of benzene rings is 2. The molecule has 4 aromatic rings. The molecule has 0 spiro atoms. The van der Waals surface area contributed by atoms with Crippen molar-refractivity contribution in [3.05, 3.63) is 108 Å². The molecule has 0 saturated carbocycles. The highest BCUT2D eigenvalue weighted by Crippen LogP contribution is 2.29. The number of nitrogens with zero attached hydrogens (tertiary/aromatic N) is 3. The van der Waals surface area contributed by atoms with Gasteiger partial charge in [-0.05, 0) is 42.5 Å². The van der Waals surface area contributed by atoms with Gasteiger partial charge in [0.2, 0.25) is 0 Å². The molecular weight excluding hydrogens is 516 g/mol. The van der Waals surface area contributed by atoms with E-state index in [-0.39, 0.29) is 35.1 Å². The van der Waals surface area contributed by atoms with Gasteiger partial charge < -0.3 is 21.1 Å². The molecule has 3 heterocycles. The molecule has 10 heteroatoms. The molecule has 2 atom stereocenters. The number of anilines is 2. The number of hydrogen-bond donors (Lipinski definition) is 2. The molecule has 0 aliphatic carbocycles. The van der Waals surface area contributed by atoms with Gasteiger partial charge in [-0.15, -0.1) is 0 Å². The fraction of sp³-hybridized carbons (Fsp3) is 0.200. The Bertz CT molecular complexity index is 1530. The molecule has 2 aromatic carbocycles. The molecule has 40 heavy (non-hydrogen) atoms. The van der Waals surface area contributed by atoms with Gasteiger partial charge in [-0.2, -0.15) is 0 Å². The summed E-state index contributed by atoms with van der Waals surface area (Å²) in [7, 11) is 0. The van der Waals surface area contributed by atoms with Crippen molar-refractivity contribution in [1.82, 2.24) is 9.97 Å². The molecule has 8 nitrogen and oxygen atoms in total. The van der Waals surface area contributed by atoms with Crippen molar-refractivity contribution in [2.24, 2.45) is 5.73 Å². The Morgan fingerprint density at radius 3 is 2.48 bits per heavy atom. The van der Waals surface area contributed by atoms with Crippen LogP contribution in [0.4, 0.5) is 20.2 Å². The maximum Gasteiger partial charge on any atom is 0.338 e. The van der Waals surface area contributed by atoms with Crippen molar-refractivity contribution in [2.45, 2.75) is 25.0 Å². The number of rotatable bonds is 7. The average Bonchev–Trinajstić information content (AvgIpc) is 2.94. The van der Waals surface area contributed by atoms with E-state index >= 15 is 0 Å². The van der Waals surface area contributed by atoms with Gasteiger partial charge >= 0.3 is 5.97 Å². The maximum atomic E-state index is 14.4. The van der Waals surface area contributed by atoms with E-state index in [4.69, 9.17) is 16.2 Å². The first kappa shape index (κ1) is 26.9. The second kappa shape index (κ2) is 11.6. The third-order valence-electron chi connectivity index (χ3n) is 6.71. The quantitative estimate of drug-likeness (QED) is 0.263. The minimum absolute atomic E-state index is 0.0374. The Hall–Kier alpha value is -4.70. The van der Waals surface area contributed by atoms with Crippen LogP contribution in [-0.2, 0) is 11.2 Å². The van der Waals surface area contributed by atoms with Gasteiger partial charge in [-0.3, -0.25) is 9.78 Å². The van der Waals surface area contributed by atoms with E-state index in [0.29, 0.717) is 36.3 Å². The summed E-state index contributed by atoms with van der Waals surface area (Å²) in [5.74, 6) is -2.47. The van der Waals surface area contributed by atoms with Crippen molar-refractivity contribution >= 4 is 23.1 Å². The molecule has 0 amide bonds. The van der Waals surface area contributed by atoms with Crippen molar-refractivity contribution in [3.63, 3.8) is 0 Å². The molecule has 0 radical (unpaired) electrons. The molecule has 1 fully saturated rings. The third kappa shape index (κ3) is 5.81. The molecule has 1 saturated heterocycles. The van der Waals surface area contributed by atoms with Gasteiger partial charge in [0, 0.05) is 49.1 Å². The van der Waals surface area contributed by atoms with Crippen LogP contribution in [0.15, 0.2) is 79.1 Å². The lowest BCUT2D eigenvalue weighted by Gasteiger charge is -2.38. The van der Waals surface area contributed by atoms with Crippen LogP contribution in [0.3, 0.4) is 0 Å². The number of carbonyl (C=O) groups excluding carboxylic acids is 2. The summed E-state index contributed by atoms with van der Waals surface area (Å²) in [6.45, 7) is 0.854. The van der Waals surface area contributed by atoms with Crippen LogP contribution in [0.5, 0.6) is 0 Å². The van der Waals surface area contributed by atoms with Gasteiger partial charge in [-0.25, -0.2) is 18.6 Å². The summed E-state index contributed by atoms with van der Waals surface area (Å²) < 4.78 is 34.5. The van der Waals surface area contributed by atoms with E-state index in [9.17, 15) is 18.4 Å². The predicted molar refractivity (Wildman–Crippen MR) is 147 cm³/mol. The highest BCUT2D eigenvalue weighted by Gasteiger charge is 2.30. The lowest BCUT2D eigenvalue weighted by molar-refractivity contribution is 0.0255. The first-order chi connectivity index (χ1) is 19.3. The first-order valence-electron chi connectivity index (χ1n) is 12.7. The highest BCUT2D eigenvalue weighted by molar-refractivity contribution is 6.01. The van der Waals surface area contributed by atoms with E-state index in [1.165, 1.54) is 18.2 Å². The number of esters is 1. The van der Waals surface area contributed by atoms with Crippen molar-refractivity contribution in [2.75, 3.05) is 23.7 Å². The van der Waals surface area contributed by atoms with E-state index < -0.39 is 29.5 Å². The van der Waals surface area contributed by atoms with Gasteiger partial charge in [-0.1, -0.05) is 24.3 Å². The number of carbonyl (C=O) groups is 2. The fourth-order valence-corrected chi connectivity index (χ4v) is 4.86. The summed E-state index contributed by atoms with van der Waals surface area (Å²) in [5, 5.41) is 0. The van der Waals surface area contributed by atoms with E-state index in [1.807, 2.05) is 11.0 Å². The minimum atomic E-state index is -0.797. The summed E-state index contributed by atoms with van der Waals surface area (Å²) in [6, 6.07) is 16.5. The Labute approximate surface area is 229 Å². The lowest BCUT2D eigenvalue weighted by Crippen LogP contribution is -2.51. The van der Waals surface area contributed by atoms with Crippen LogP contribution in [0.1, 0.15) is 32.8 Å². The monoisotopic (exact) mass is 543 g/mol. The summed E-state index contributed by atoms with van der Waals surface area (Å²) >= 11 is 0. The standard InChI is InChI=1S/C30H27F2N5O3/c31-22-7-4-8-23(32)28(22)25-10-9-24(34)29(36-25)27(38)13-19-15-35-12-11-26(19)37-16-20(33)14-21(17-37)40-30(39)18-5-2-1-3-6-18/h1-12,15,20-21H,13-14,16-17,33-34H2/t20-,21-/m0/s1. The molecule has 1 aliphatic heterocycles. The number of ether oxygens (including phenoxy) is 1. The number of nitrogen functional groups attached to an aromatic ring is 1. The van der Waals surface area contributed by atoms with Crippen molar-refractivity contribution in [1.29, 1.82) is 0 Å². The van der Waals surface area contributed by atoms with Crippen LogP contribution >= 0.6 is 0 Å². The zero-order valence-electron chi connectivity index (χ0n) is 21.5. The SMILES string of the molecule is Nc1ccc(-c2c(F)cccc2F)nc1C(=O)Cc1cnccc1N1C[C@@H](N)C[C@H](OC(=O)c2ccccc2)C1. The Balaban J connectivity index is 1.37. The van der Waals surface area contributed by atoms with Gasteiger partial charge in [0.15, 0.2) is 5.78 Å². The maximum absolute atomic E-state index is 14.4. The number of hydrogen-bond acceptors (Lipinski definition) is 8. The molecule has 4 N–H and O–H groups in total. The van der Waals surface area contributed by atoms with E-state index in [1.54, 1.807) is 42.7 Å². The largest absolute Gasteiger partial charge is 0.457 e. The predicted octanol–water partition coefficient (Wildman–Crippen LogP) is 4.19. The average molecular weight is 544 g/mol. The van der Waals surface area contributed by atoms with E-state index in [0.717, 1.165) is 12.1 Å². The van der Waals surface area contributed by atoms with Crippen LogP contribution in [0, 0.1) is 11.6 Å². The molecule has 0 bridgehead atoms. The van der Waals surface area contributed by atoms with Gasteiger partial charge in [0.1, 0.15) is 23.4 Å². The van der Waals surface area contributed by atoms with Crippen LogP contribution < -0.4 is 16.4 Å². The molecule has 0 unspecified atom stereocenters. The van der Waals surface area contributed by atoms with Crippen LogP contribution in [0.25, 0.3) is 11.3 Å². The summed E-state index contributed by atoms with van der Waals surface area (Å²) in [6.07, 6.45) is 3.08. The van der Waals surface area contributed by atoms with Crippen molar-refractivity contribution < 1.29 is 23.1 Å². The van der Waals surface area contributed by atoms with Crippen molar-refractivity contribution in [3.8, 4) is 11.3 Å². The van der Waals surface area contributed by atoms with E-state index in [2.05, 4.69) is 9.97 Å². The Morgan fingerprint density at radius 2 is 1.73 bits per heavy atom. The Morgan fingerprint density at radius 1 is 0.975 bits per heavy atom. The summed E-state index contributed by atoms with van der Waals surface area (Å²) in [5.41, 5.74) is 13.7. The summed E-state index contributed by atoms with van der Waals surface area (Å²) in [4.78, 5) is 36.4. The highest BCUT2D eigenvalue weighted by atomic mass is 19.1. The zero-order valence-corrected chi connectivity index (χ0v) is 21.5. The number of Topliss-reactive ketones (excluding diaryl/α,β-unsaturated/α-hetero) is 1. The van der Waals surface area contributed by atoms with Crippen LogP contribution in [0.2, 0.25) is 0 Å². The minimum Gasteiger partial charge on any atom is -0.457 e. The number of nitrogens with two attached hydrogens (primary N) is 2. The van der Waals surface area contributed by atoms with Gasteiger partial charge in [0.25, 0.3) is 0 Å². The normalized spacial score (nSPS) is 16.9.